The fourth-order valence-electron chi connectivity index (χ4n) is 3.83. The molecule has 2 rings (SSSR count). The second-order valence-electron chi connectivity index (χ2n) is 7.36. The molecule has 1 saturated carbocycles. The summed E-state index contributed by atoms with van der Waals surface area (Å²) < 4.78 is 0. The lowest BCUT2D eigenvalue weighted by molar-refractivity contribution is 0.0939. The third kappa shape index (κ3) is 5.58. The number of Topliss-reactive ketones (excluding diaryl/α,β-unsaturated/α-hetero) is 2. The van der Waals surface area contributed by atoms with Gasteiger partial charge in [-0.2, -0.15) is 0 Å². The third-order valence-corrected chi connectivity index (χ3v) is 5.51. The van der Waals surface area contributed by atoms with Gasteiger partial charge in [-0.05, 0) is 24.7 Å². The molecule has 2 heteroatoms. The molecule has 1 aliphatic carbocycles. The van der Waals surface area contributed by atoms with E-state index in [1.807, 2.05) is 19.1 Å². The average Bonchev–Trinajstić information content (AvgIpc) is 2.63. The smallest absolute Gasteiger partial charge is 0.163 e. The maximum atomic E-state index is 12.5. The number of ketones is 2. The fourth-order valence-corrected chi connectivity index (χ4v) is 3.83. The standard InChI is InChI=1S/C22H32O2/c1-3-5-6-7-17-8-10-18(11-9-17)16-22(24)20-14-12-19(13-15-20)21(23)4-2/h12-15,17-18H,3-11,16H2,1-2H3. The van der Waals surface area contributed by atoms with Gasteiger partial charge in [0, 0.05) is 24.0 Å². The molecule has 24 heavy (non-hydrogen) atoms. The second kappa shape index (κ2) is 9.76. The van der Waals surface area contributed by atoms with Crippen LogP contribution in [-0.4, -0.2) is 11.6 Å². The summed E-state index contributed by atoms with van der Waals surface area (Å²) >= 11 is 0. The van der Waals surface area contributed by atoms with Gasteiger partial charge < -0.3 is 0 Å². The van der Waals surface area contributed by atoms with Gasteiger partial charge >= 0.3 is 0 Å². The predicted molar refractivity (Wildman–Crippen MR) is 99.6 cm³/mol. The second-order valence-corrected chi connectivity index (χ2v) is 7.36. The van der Waals surface area contributed by atoms with Crippen LogP contribution in [0.25, 0.3) is 0 Å². The zero-order valence-electron chi connectivity index (χ0n) is 15.4. The number of carbonyl (C=O) groups excluding carboxylic acids is 2. The highest BCUT2D eigenvalue weighted by molar-refractivity contribution is 5.99. The minimum absolute atomic E-state index is 0.135. The van der Waals surface area contributed by atoms with Crippen molar-refractivity contribution in [3.63, 3.8) is 0 Å². The summed E-state index contributed by atoms with van der Waals surface area (Å²) in [6, 6.07) is 7.23. The number of hydrogen-bond acceptors (Lipinski definition) is 2. The molecule has 1 aliphatic rings. The molecular weight excluding hydrogens is 296 g/mol. The molecule has 0 aliphatic heterocycles. The van der Waals surface area contributed by atoms with Gasteiger partial charge in [-0.3, -0.25) is 9.59 Å². The van der Waals surface area contributed by atoms with Crippen LogP contribution in [0.3, 0.4) is 0 Å². The van der Waals surface area contributed by atoms with Crippen molar-refractivity contribution in [2.45, 2.75) is 78.1 Å². The van der Waals surface area contributed by atoms with Crippen LogP contribution in [0.15, 0.2) is 24.3 Å². The molecule has 0 N–H and O–H groups in total. The van der Waals surface area contributed by atoms with Crippen molar-refractivity contribution in [2.75, 3.05) is 0 Å². The van der Waals surface area contributed by atoms with Crippen molar-refractivity contribution in [2.24, 2.45) is 11.8 Å². The molecule has 2 nitrogen and oxygen atoms in total. The van der Waals surface area contributed by atoms with Crippen LogP contribution >= 0.6 is 0 Å². The Bertz CT molecular complexity index is 521. The molecule has 0 bridgehead atoms. The Hall–Kier alpha value is -1.44. The molecule has 0 saturated heterocycles. The maximum absolute atomic E-state index is 12.5. The van der Waals surface area contributed by atoms with Crippen LogP contribution in [0.4, 0.5) is 0 Å². The van der Waals surface area contributed by atoms with E-state index in [4.69, 9.17) is 0 Å². The minimum Gasteiger partial charge on any atom is -0.294 e. The molecule has 0 heterocycles. The summed E-state index contributed by atoms with van der Waals surface area (Å²) in [4.78, 5) is 24.1. The SMILES string of the molecule is CCCCCC1CCC(CC(=O)c2ccc(C(=O)CC)cc2)CC1. The number of hydrogen-bond donors (Lipinski definition) is 0. The lowest BCUT2D eigenvalue weighted by Crippen LogP contribution is -2.17. The molecule has 0 unspecified atom stereocenters. The summed E-state index contributed by atoms with van der Waals surface area (Å²) in [7, 11) is 0. The lowest BCUT2D eigenvalue weighted by Gasteiger charge is -2.28. The Balaban J connectivity index is 1.78. The molecule has 132 valence electrons. The van der Waals surface area contributed by atoms with Gasteiger partial charge in [0.25, 0.3) is 0 Å². The van der Waals surface area contributed by atoms with Crippen LogP contribution in [-0.2, 0) is 0 Å². The molecule has 1 aromatic carbocycles. The Morgan fingerprint density at radius 3 is 1.92 bits per heavy atom. The summed E-state index contributed by atoms with van der Waals surface area (Å²) in [6.45, 7) is 4.12. The number of carbonyl (C=O) groups is 2. The first-order valence-electron chi connectivity index (χ1n) is 9.80. The van der Waals surface area contributed by atoms with E-state index in [1.165, 1.54) is 51.4 Å². The van der Waals surface area contributed by atoms with Crippen molar-refractivity contribution in [3.05, 3.63) is 35.4 Å². The van der Waals surface area contributed by atoms with Gasteiger partial charge in [-0.1, -0.05) is 76.6 Å². The first kappa shape index (κ1) is 18.9. The van der Waals surface area contributed by atoms with Crippen molar-refractivity contribution in [1.82, 2.24) is 0 Å². The zero-order chi connectivity index (χ0) is 17.4. The minimum atomic E-state index is 0.135. The van der Waals surface area contributed by atoms with E-state index in [-0.39, 0.29) is 11.6 Å². The first-order chi connectivity index (χ1) is 11.6. The predicted octanol–water partition coefficient (Wildman–Crippen LogP) is 6.24. The zero-order valence-corrected chi connectivity index (χ0v) is 15.4. The van der Waals surface area contributed by atoms with Crippen molar-refractivity contribution >= 4 is 11.6 Å². The van der Waals surface area contributed by atoms with Crippen LogP contribution in [0.1, 0.15) is 98.8 Å². The molecule has 0 aromatic heterocycles. The van der Waals surface area contributed by atoms with Gasteiger partial charge in [0.2, 0.25) is 0 Å². The molecular formula is C22H32O2. The van der Waals surface area contributed by atoms with E-state index in [1.54, 1.807) is 12.1 Å². The topological polar surface area (TPSA) is 34.1 Å². The molecule has 0 atom stereocenters. The van der Waals surface area contributed by atoms with Gasteiger partial charge in [-0.15, -0.1) is 0 Å². The van der Waals surface area contributed by atoms with E-state index in [0.717, 1.165) is 11.5 Å². The van der Waals surface area contributed by atoms with E-state index in [0.29, 0.717) is 24.3 Å². The summed E-state index contributed by atoms with van der Waals surface area (Å²) in [6.07, 6.45) is 11.6. The maximum Gasteiger partial charge on any atom is 0.163 e. The molecule has 1 fully saturated rings. The highest BCUT2D eigenvalue weighted by atomic mass is 16.1. The van der Waals surface area contributed by atoms with Crippen molar-refractivity contribution < 1.29 is 9.59 Å². The van der Waals surface area contributed by atoms with Gasteiger partial charge in [-0.25, -0.2) is 0 Å². The summed E-state index contributed by atoms with van der Waals surface area (Å²) in [5, 5.41) is 0. The summed E-state index contributed by atoms with van der Waals surface area (Å²) in [5.74, 6) is 1.81. The van der Waals surface area contributed by atoms with Crippen molar-refractivity contribution in [1.29, 1.82) is 0 Å². The van der Waals surface area contributed by atoms with E-state index < -0.39 is 0 Å². The summed E-state index contributed by atoms with van der Waals surface area (Å²) in [5.41, 5.74) is 1.47. The number of rotatable bonds is 9. The lowest BCUT2D eigenvalue weighted by atomic mass is 9.77. The monoisotopic (exact) mass is 328 g/mol. The molecule has 0 amide bonds. The first-order valence-corrected chi connectivity index (χ1v) is 9.80. The highest BCUT2D eigenvalue weighted by Crippen LogP contribution is 2.34. The average molecular weight is 328 g/mol. The Labute approximate surface area is 147 Å². The Kier molecular flexibility index (Phi) is 7.68. The Morgan fingerprint density at radius 1 is 0.833 bits per heavy atom. The van der Waals surface area contributed by atoms with Crippen LogP contribution < -0.4 is 0 Å². The normalized spacial score (nSPS) is 20.8. The van der Waals surface area contributed by atoms with Crippen molar-refractivity contribution in [3.8, 4) is 0 Å². The third-order valence-electron chi connectivity index (χ3n) is 5.51. The van der Waals surface area contributed by atoms with E-state index >= 15 is 0 Å². The largest absolute Gasteiger partial charge is 0.294 e. The highest BCUT2D eigenvalue weighted by Gasteiger charge is 2.23. The van der Waals surface area contributed by atoms with E-state index in [2.05, 4.69) is 6.92 Å². The van der Waals surface area contributed by atoms with Gasteiger partial charge in [0.1, 0.15) is 0 Å². The number of unbranched alkanes of at least 4 members (excludes halogenated alkanes) is 2. The Morgan fingerprint density at radius 2 is 1.38 bits per heavy atom. The van der Waals surface area contributed by atoms with Crippen LogP contribution in [0, 0.1) is 11.8 Å². The quantitative estimate of drug-likeness (QED) is 0.397. The fraction of sp³-hybridized carbons (Fsp3) is 0.636. The van der Waals surface area contributed by atoms with Crippen LogP contribution in [0.2, 0.25) is 0 Å². The van der Waals surface area contributed by atoms with Crippen LogP contribution in [0.5, 0.6) is 0 Å². The molecule has 1 aromatic rings. The van der Waals surface area contributed by atoms with Gasteiger partial charge in [0.05, 0.1) is 0 Å². The van der Waals surface area contributed by atoms with Gasteiger partial charge in [0.15, 0.2) is 11.6 Å². The molecule has 0 spiro atoms. The van der Waals surface area contributed by atoms with E-state index in [9.17, 15) is 9.59 Å². The molecule has 0 radical (unpaired) electrons. The number of benzene rings is 1.